The summed E-state index contributed by atoms with van der Waals surface area (Å²) in [6.07, 6.45) is 0. The van der Waals surface area contributed by atoms with Crippen LogP contribution >= 0.6 is 0 Å². The summed E-state index contributed by atoms with van der Waals surface area (Å²) in [5.74, 6) is -1.43. The Morgan fingerprint density at radius 2 is 1.65 bits per heavy atom. The number of benzene rings is 2. The molecule has 0 saturated carbocycles. The number of sulfonamides is 1. The van der Waals surface area contributed by atoms with Crippen LogP contribution in [0.1, 0.15) is 13.8 Å². The van der Waals surface area contributed by atoms with E-state index in [0.717, 1.165) is 6.07 Å². The molecule has 2 aromatic carbocycles. The highest BCUT2D eigenvalue weighted by molar-refractivity contribution is 7.89. The molecule has 0 heterocycles. The molecule has 0 bridgehead atoms. The summed E-state index contributed by atoms with van der Waals surface area (Å²) in [6.45, 7) is 2.71. The fourth-order valence-corrected chi connectivity index (χ4v) is 3.29. The topological polar surface area (TPSA) is 104 Å². The average Bonchev–Trinajstić information content (AvgIpc) is 2.54. The first kappa shape index (κ1) is 19.5. The van der Waals surface area contributed by atoms with Crippen molar-refractivity contribution in [2.24, 2.45) is 0 Å². The summed E-state index contributed by atoms with van der Waals surface area (Å²) in [5.41, 5.74) is 0.675. The third kappa shape index (κ3) is 5.36. The highest BCUT2D eigenvalue weighted by Gasteiger charge is 2.22. The highest BCUT2D eigenvalue weighted by Crippen LogP contribution is 2.15. The highest BCUT2D eigenvalue weighted by atomic mass is 32.2. The number of amides is 2. The van der Waals surface area contributed by atoms with Crippen molar-refractivity contribution >= 4 is 33.2 Å². The van der Waals surface area contributed by atoms with Crippen molar-refractivity contribution in [3.05, 3.63) is 54.3 Å². The van der Waals surface area contributed by atoms with Crippen LogP contribution in [-0.2, 0) is 19.6 Å². The van der Waals surface area contributed by atoms with Crippen molar-refractivity contribution in [2.45, 2.75) is 24.8 Å². The molecule has 0 aliphatic rings. The number of hydrogen-bond donors (Lipinski definition) is 3. The molecule has 138 valence electrons. The number of hydrogen-bond acceptors (Lipinski definition) is 4. The van der Waals surface area contributed by atoms with Gasteiger partial charge in [-0.3, -0.25) is 9.59 Å². The number of carbonyl (C=O) groups is 2. The van der Waals surface area contributed by atoms with Gasteiger partial charge in [-0.05, 0) is 49.4 Å². The Kier molecular flexibility index (Phi) is 6.06. The van der Waals surface area contributed by atoms with Gasteiger partial charge in [0.25, 0.3) is 0 Å². The standard InChI is InChI=1S/C17H18FN3O4S/c1-11(17(23)20-15-5-3-4-13(18)10-15)21-26(24,25)16-8-6-14(7-9-16)19-12(2)22/h3-11,21H,1-2H3,(H,19,22)(H,20,23)/t11-/m0/s1. The van der Waals surface area contributed by atoms with Gasteiger partial charge < -0.3 is 10.6 Å². The molecule has 3 N–H and O–H groups in total. The maximum absolute atomic E-state index is 13.1. The van der Waals surface area contributed by atoms with E-state index in [1.54, 1.807) is 0 Å². The lowest BCUT2D eigenvalue weighted by Gasteiger charge is -2.15. The van der Waals surface area contributed by atoms with Crippen LogP contribution in [0.25, 0.3) is 0 Å². The molecule has 0 spiro atoms. The SMILES string of the molecule is CC(=O)Nc1ccc(S(=O)(=O)N[C@@H](C)C(=O)Nc2cccc(F)c2)cc1. The second-order valence-corrected chi connectivity index (χ2v) is 7.26. The summed E-state index contributed by atoms with van der Waals surface area (Å²) >= 11 is 0. The summed E-state index contributed by atoms with van der Waals surface area (Å²) < 4.78 is 40.1. The number of rotatable bonds is 6. The second kappa shape index (κ2) is 8.07. The Bertz CT molecular complexity index is 914. The van der Waals surface area contributed by atoms with Gasteiger partial charge in [0, 0.05) is 18.3 Å². The van der Waals surface area contributed by atoms with E-state index in [4.69, 9.17) is 0 Å². The molecule has 2 aromatic rings. The molecule has 0 fully saturated rings. The molecule has 7 nitrogen and oxygen atoms in total. The Hall–Kier alpha value is -2.78. The second-order valence-electron chi connectivity index (χ2n) is 5.55. The molecule has 26 heavy (non-hydrogen) atoms. The maximum Gasteiger partial charge on any atom is 0.242 e. The molecule has 0 aliphatic heterocycles. The van der Waals surface area contributed by atoms with Crippen molar-refractivity contribution in [3.8, 4) is 0 Å². The van der Waals surface area contributed by atoms with Crippen molar-refractivity contribution in [1.82, 2.24) is 4.72 Å². The average molecular weight is 379 g/mol. The predicted octanol–water partition coefficient (Wildman–Crippen LogP) is 2.09. The normalized spacial score (nSPS) is 12.3. The summed E-state index contributed by atoms with van der Waals surface area (Å²) in [5, 5.41) is 4.96. The van der Waals surface area contributed by atoms with Crippen molar-refractivity contribution in [1.29, 1.82) is 0 Å². The molecule has 0 radical (unpaired) electrons. The summed E-state index contributed by atoms with van der Waals surface area (Å²) in [7, 11) is -3.95. The Morgan fingerprint density at radius 3 is 2.23 bits per heavy atom. The van der Waals surface area contributed by atoms with E-state index in [0.29, 0.717) is 5.69 Å². The van der Waals surface area contributed by atoms with Crippen molar-refractivity contribution in [3.63, 3.8) is 0 Å². The van der Waals surface area contributed by atoms with Crippen LogP contribution in [0.5, 0.6) is 0 Å². The maximum atomic E-state index is 13.1. The van der Waals surface area contributed by atoms with Gasteiger partial charge in [-0.15, -0.1) is 0 Å². The number of carbonyl (C=O) groups excluding carboxylic acids is 2. The van der Waals surface area contributed by atoms with Gasteiger partial charge in [-0.1, -0.05) is 6.07 Å². The first-order valence-electron chi connectivity index (χ1n) is 7.64. The zero-order valence-corrected chi connectivity index (χ0v) is 14.9. The van der Waals surface area contributed by atoms with E-state index in [2.05, 4.69) is 15.4 Å². The number of nitrogens with one attached hydrogen (secondary N) is 3. The Balaban J connectivity index is 2.05. The van der Waals surface area contributed by atoms with Gasteiger partial charge >= 0.3 is 0 Å². The van der Waals surface area contributed by atoms with Gasteiger partial charge in [-0.2, -0.15) is 4.72 Å². The molecule has 0 aliphatic carbocycles. The molecular formula is C17H18FN3O4S. The fourth-order valence-electron chi connectivity index (χ4n) is 2.09. The molecule has 9 heteroatoms. The third-order valence-electron chi connectivity index (χ3n) is 3.30. The van der Waals surface area contributed by atoms with Gasteiger partial charge in [0.05, 0.1) is 10.9 Å². The lowest BCUT2D eigenvalue weighted by Crippen LogP contribution is -2.41. The molecule has 0 saturated heterocycles. The van der Waals surface area contributed by atoms with Crippen molar-refractivity contribution < 1.29 is 22.4 Å². The van der Waals surface area contributed by atoms with Crippen LogP contribution < -0.4 is 15.4 Å². The molecule has 0 unspecified atom stereocenters. The predicted molar refractivity (Wildman–Crippen MR) is 95.6 cm³/mol. The minimum absolute atomic E-state index is 0.0583. The fraction of sp³-hybridized carbons (Fsp3) is 0.176. The van der Waals surface area contributed by atoms with Crippen LogP contribution in [0.2, 0.25) is 0 Å². The van der Waals surface area contributed by atoms with E-state index in [1.807, 2.05) is 0 Å². The summed E-state index contributed by atoms with van der Waals surface area (Å²) in [6, 6.07) is 9.68. The quantitative estimate of drug-likeness (QED) is 0.715. The smallest absolute Gasteiger partial charge is 0.242 e. The molecule has 1 atom stereocenters. The Labute approximate surface area is 150 Å². The van der Waals surface area contributed by atoms with Crippen LogP contribution in [0, 0.1) is 5.82 Å². The zero-order valence-electron chi connectivity index (χ0n) is 14.1. The number of anilines is 2. The monoisotopic (exact) mass is 379 g/mol. The van der Waals surface area contributed by atoms with E-state index >= 15 is 0 Å². The molecule has 0 aromatic heterocycles. The lowest BCUT2D eigenvalue weighted by molar-refractivity contribution is -0.117. The van der Waals surface area contributed by atoms with E-state index in [-0.39, 0.29) is 16.5 Å². The van der Waals surface area contributed by atoms with E-state index in [1.165, 1.54) is 56.3 Å². The van der Waals surface area contributed by atoms with Gasteiger partial charge in [-0.25, -0.2) is 12.8 Å². The van der Waals surface area contributed by atoms with Crippen LogP contribution in [-0.4, -0.2) is 26.3 Å². The molecule has 2 amide bonds. The largest absolute Gasteiger partial charge is 0.326 e. The Morgan fingerprint density at radius 1 is 1.00 bits per heavy atom. The van der Waals surface area contributed by atoms with Crippen molar-refractivity contribution in [2.75, 3.05) is 10.6 Å². The van der Waals surface area contributed by atoms with Gasteiger partial charge in [0.1, 0.15) is 5.82 Å². The lowest BCUT2D eigenvalue weighted by atomic mass is 10.3. The van der Waals surface area contributed by atoms with Crippen LogP contribution in [0.15, 0.2) is 53.4 Å². The van der Waals surface area contributed by atoms with Gasteiger partial charge in [0.2, 0.25) is 21.8 Å². The van der Waals surface area contributed by atoms with Gasteiger partial charge in [0.15, 0.2) is 0 Å². The van der Waals surface area contributed by atoms with Crippen LogP contribution in [0.3, 0.4) is 0 Å². The minimum atomic E-state index is -3.95. The molecule has 2 rings (SSSR count). The summed E-state index contributed by atoms with van der Waals surface area (Å²) in [4.78, 5) is 23.0. The third-order valence-corrected chi connectivity index (χ3v) is 4.86. The van der Waals surface area contributed by atoms with E-state index < -0.39 is 27.8 Å². The first-order valence-corrected chi connectivity index (χ1v) is 9.12. The molecular weight excluding hydrogens is 361 g/mol. The van der Waals surface area contributed by atoms with Crippen LogP contribution in [0.4, 0.5) is 15.8 Å². The first-order chi connectivity index (χ1) is 12.2. The van der Waals surface area contributed by atoms with E-state index in [9.17, 15) is 22.4 Å². The number of halogens is 1. The zero-order chi connectivity index (χ0) is 19.3. The minimum Gasteiger partial charge on any atom is -0.326 e.